The highest BCUT2D eigenvalue weighted by Gasteiger charge is 2.32. The fraction of sp³-hybridized carbons (Fsp3) is 0.583. The van der Waals surface area contributed by atoms with Crippen molar-refractivity contribution in [1.29, 1.82) is 0 Å². The van der Waals surface area contributed by atoms with Crippen molar-refractivity contribution in [3.8, 4) is 0 Å². The summed E-state index contributed by atoms with van der Waals surface area (Å²) >= 11 is 1.14. The van der Waals surface area contributed by atoms with Crippen molar-refractivity contribution in [3.63, 3.8) is 0 Å². The largest absolute Gasteiger partial charge is 0.449 e. The third-order valence-electron chi connectivity index (χ3n) is 5.54. The molecule has 13 nitrogen and oxygen atoms in total. The Labute approximate surface area is 225 Å². The van der Waals surface area contributed by atoms with Gasteiger partial charge in [0.25, 0.3) is 0 Å². The Morgan fingerprint density at radius 1 is 1.24 bits per heavy atom. The van der Waals surface area contributed by atoms with Crippen LogP contribution in [0.3, 0.4) is 0 Å². The maximum Gasteiger partial charge on any atom is 0.416 e. The van der Waals surface area contributed by atoms with Crippen LogP contribution in [0.25, 0.3) is 0 Å². The first kappa shape index (κ1) is 29.5. The molecule has 1 aliphatic rings. The standard InChI is InChI=1S/C24H34N6O7S/c1-3-35-24(31)29(22-20(30(32)33)21(25)27-23(28-22)38-2)15-17-9-8-10-18(26-17)16-34-12-6-7-14-37-19-11-4-5-13-36-19/h8-10,19H,3-7,11-16H2,1-2H3,(H2,25,27,28). The van der Waals surface area contributed by atoms with E-state index in [0.29, 0.717) is 24.6 Å². The maximum absolute atomic E-state index is 12.8. The number of carbonyl (C=O) groups excluding carboxylic acids is 1. The molecule has 2 N–H and O–H groups in total. The summed E-state index contributed by atoms with van der Waals surface area (Å²) in [7, 11) is 0. The van der Waals surface area contributed by atoms with Crippen molar-refractivity contribution < 1.29 is 28.7 Å². The Kier molecular flexibility index (Phi) is 11.9. The number of hydrogen-bond acceptors (Lipinski definition) is 12. The van der Waals surface area contributed by atoms with Crippen LogP contribution in [0.5, 0.6) is 0 Å². The minimum absolute atomic E-state index is 0.0686. The molecule has 1 amide bonds. The fourth-order valence-electron chi connectivity index (χ4n) is 3.72. The summed E-state index contributed by atoms with van der Waals surface area (Å²) in [5.41, 5.74) is 6.38. The highest BCUT2D eigenvalue weighted by Crippen LogP contribution is 2.33. The number of rotatable bonds is 14. The molecule has 0 aromatic carbocycles. The zero-order valence-electron chi connectivity index (χ0n) is 21.7. The summed E-state index contributed by atoms with van der Waals surface area (Å²) in [6.07, 6.45) is 5.67. The van der Waals surface area contributed by atoms with Gasteiger partial charge in [-0.3, -0.25) is 15.1 Å². The molecule has 0 radical (unpaired) electrons. The third kappa shape index (κ3) is 8.75. The molecule has 0 aliphatic carbocycles. The lowest BCUT2D eigenvalue weighted by atomic mass is 10.2. The van der Waals surface area contributed by atoms with Gasteiger partial charge >= 0.3 is 11.8 Å². The summed E-state index contributed by atoms with van der Waals surface area (Å²) in [4.78, 5) is 37.6. The Bertz CT molecular complexity index is 1070. The molecule has 2 aromatic rings. The van der Waals surface area contributed by atoms with Gasteiger partial charge in [0.05, 0.1) is 36.1 Å². The minimum atomic E-state index is -0.815. The van der Waals surface area contributed by atoms with Crippen molar-refractivity contribution in [2.24, 2.45) is 0 Å². The van der Waals surface area contributed by atoms with Crippen LogP contribution in [-0.2, 0) is 32.1 Å². The van der Waals surface area contributed by atoms with Crippen molar-refractivity contribution in [2.75, 3.05) is 43.3 Å². The van der Waals surface area contributed by atoms with Gasteiger partial charge < -0.3 is 24.7 Å². The Balaban J connectivity index is 1.61. The van der Waals surface area contributed by atoms with Gasteiger partial charge in [0.15, 0.2) is 11.4 Å². The van der Waals surface area contributed by atoms with E-state index in [4.69, 9.17) is 24.7 Å². The van der Waals surface area contributed by atoms with Gasteiger partial charge in [-0.2, -0.15) is 9.97 Å². The molecule has 0 spiro atoms. The molecule has 14 heteroatoms. The molecule has 1 unspecified atom stereocenters. The number of aromatic nitrogens is 3. The number of ether oxygens (including phenoxy) is 4. The fourth-order valence-corrected chi connectivity index (χ4v) is 4.09. The first-order chi connectivity index (χ1) is 18.4. The van der Waals surface area contributed by atoms with Crippen molar-refractivity contribution in [2.45, 2.75) is 63.6 Å². The van der Waals surface area contributed by atoms with E-state index < -0.39 is 16.7 Å². The van der Waals surface area contributed by atoms with Crippen LogP contribution in [0.15, 0.2) is 23.4 Å². The van der Waals surface area contributed by atoms with Gasteiger partial charge in [-0.1, -0.05) is 17.8 Å². The second-order valence-corrected chi connectivity index (χ2v) is 9.13. The van der Waals surface area contributed by atoms with E-state index in [1.165, 1.54) is 0 Å². The van der Waals surface area contributed by atoms with Crippen LogP contribution in [0.1, 0.15) is 50.4 Å². The van der Waals surface area contributed by atoms with E-state index in [-0.39, 0.29) is 42.8 Å². The first-order valence-electron chi connectivity index (χ1n) is 12.5. The number of pyridine rings is 1. The molecule has 3 rings (SSSR count). The molecule has 1 saturated heterocycles. The lowest BCUT2D eigenvalue weighted by Gasteiger charge is -2.22. The predicted octanol–water partition coefficient (Wildman–Crippen LogP) is 4.09. The van der Waals surface area contributed by atoms with E-state index in [1.807, 2.05) is 0 Å². The quantitative estimate of drug-likeness (QED) is 0.118. The van der Waals surface area contributed by atoms with Crippen LogP contribution < -0.4 is 10.6 Å². The number of amides is 1. The molecular weight excluding hydrogens is 516 g/mol. The molecule has 1 aliphatic heterocycles. The molecule has 2 aromatic heterocycles. The van der Waals surface area contributed by atoms with Crippen molar-refractivity contribution in [1.82, 2.24) is 15.0 Å². The predicted molar refractivity (Wildman–Crippen MR) is 141 cm³/mol. The Hall–Kier alpha value is -3.07. The van der Waals surface area contributed by atoms with E-state index in [2.05, 4.69) is 15.0 Å². The molecule has 3 heterocycles. The number of hydrogen-bond donors (Lipinski definition) is 1. The number of thioether (sulfide) groups is 1. The SMILES string of the molecule is CCOC(=O)N(Cc1cccc(COCCCCOC2CCCCO2)n1)c1nc(SC)nc(N)c1[N+](=O)[O-]. The summed E-state index contributed by atoms with van der Waals surface area (Å²) in [5, 5.41) is 11.9. The van der Waals surface area contributed by atoms with Crippen LogP contribution in [0, 0.1) is 10.1 Å². The average molecular weight is 551 g/mol. The van der Waals surface area contributed by atoms with Crippen molar-refractivity contribution in [3.05, 3.63) is 39.7 Å². The number of nitrogens with zero attached hydrogens (tertiary/aromatic N) is 5. The van der Waals surface area contributed by atoms with E-state index in [1.54, 1.807) is 31.4 Å². The number of nitrogen functional groups attached to an aromatic ring is 1. The molecule has 0 bridgehead atoms. The maximum atomic E-state index is 12.8. The van der Waals surface area contributed by atoms with Crippen LogP contribution >= 0.6 is 11.8 Å². The summed E-state index contributed by atoms with van der Waals surface area (Å²) in [6, 6.07) is 5.28. The van der Waals surface area contributed by atoms with E-state index >= 15 is 0 Å². The summed E-state index contributed by atoms with van der Waals surface area (Å²) in [5.74, 6) is -0.597. The zero-order valence-corrected chi connectivity index (χ0v) is 22.5. The average Bonchev–Trinajstić information content (AvgIpc) is 2.91. The minimum Gasteiger partial charge on any atom is -0.449 e. The zero-order chi connectivity index (χ0) is 27.3. The second kappa shape index (κ2) is 15.4. The Morgan fingerprint density at radius 2 is 2.03 bits per heavy atom. The number of nitro groups is 1. The third-order valence-corrected chi connectivity index (χ3v) is 6.09. The second-order valence-electron chi connectivity index (χ2n) is 8.36. The van der Waals surface area contributed by atoms with Gasteiger partial charge in [-0.05, 0) is 57.4 Å². The smallest absolute Gasteiger partial charge is 0.416 e. The lowest BCUT2D eigenvalue weighted by molar-refractivity contribution is -0.383. The number of anilines is 2. The van der Waals surface area contributed by atoms with Gasteiger partial charge in [0, 0.05) is 19.8 Å². The summed E-state index contributed by atoms with van der Waals surface area (Å²) < 4.78 is 22.2. The number of carbonyl (C=O) groups is 1. The molecule has 1 atom stereocenters. The van der Waals surface area contributed by atoms with E-state index in [0.717, 1.165) is 55.4 Å². The number of unbranched alkanes of at least 4 members (excludes halogenated alkanes) is 1. The highest BCUT2D eigenvalue weighted by atomic mass is 32.2. The first-order valence-corrected chi connectivity index (χ1v) is 13.7. The van der Waals surface area contributed by atoms with Crippen LogP contribution in [0.2, 0.25) is 0 Å². The van der Waals surface area contributed by atoms with Gasteiger partial charge in [0.1, 0.15) is 0 Å². The highest BCUT2D eigenvalue weighted by molar-refractivity contribution is 7.98. The van der Waals surface area contributed by atoms with Crippen molar-refractivity contribution >= 4 is 35.2 Å². The Morgan fingerprint density at radius 3 is 2.74 bits per heavy atom. The molecule has 0 saturated carbocycles. The van der Waals surface area contributed by atoms with Gasteiger partial charge in [-0.15, -0.1) is 0 Å². The van der Waals surface area contributed by atoms with Gasteiger partial charge in [0.2, 0.25) is 11.6 Å². The molecule has 38 heavy (non-hydrogen) atoms. The summed E-state index contributed by atoms with van der Waals surface area (Å²) in [6.45, 7) is 3.79. The molecular formula is C24H34N6O7S. The van der Waals surface area contributed by atoms with Gasteiger partial charge in [-0.25, -0.2) is 9.69 Å². The lowest BCUT2D eigenvalue weighted by Crippen LogP contribution is -2.33. The van der Waals surface area contributed by atoms with Crippen LogP contribution in [0.4, 0.5) is 22.1 Å². The number of nitrogens with two attached hydrogens (primary N) is 1. The molecule has 1 fully saturated rings. The van der Waals surface area contributed by atoms with Crippen LogP contribution in [-0.4, -0.2) is 64.9 Å². The topological polar surface area (TPSA) is 165 Å². The monoisotopic (exact) mass is 550 g/mol. The molecule has 208 valence electrons. The normalized spacial score (nSPS) is 15.3. The van der Waals surface area contributed by atoms with E-state index in [9.17, 15) is 14.9 Å².